The molecule has 0 aliphatic heterocycles. The Morgan fingerprint density at radius 1 is 1.19 bits per heavy atom. The molecule has 0 atom stereocenters. The van der Waals surface area contributed by atoms with Gasteiger partial charge in [-0.15, -0.1) is 11.3 Å². The molecule has 2 heterocycles. The van der Waals surface area contributed by atoms with Gasteiger partial charge >= 0.3 is 5.97 Å². The van der Waals surface area contributed by atoms with Gasteiger partial charge in [-0.05, 0) is 30.5 Å². The fourth-order valence-electron chi connectivity index (χ4n) is 2.24. The molecular formula is C16H14N2O2S. The molecule has 5 heteroatoms. The van der Waals surface area contributed by atoms with E-state index in [0.29, 0.717) is 5.71 Å². The van der Waals surface area contributed by atoms with Crippen LogP contribution in [-0.2, 0) is 9.63 Å². The van der Waals surface area contributed by atoms with E-state index in [-0.39, 0.29) is 0 Å². The molecule has 2 aromatic heterocycles. The zero-order valence-electron chi connectivity index (χ0n) is 11.7. The van der Waals surface area contributed by atoms with Crippen molar-refractivity contribution in [2.45, 2.75) is 13.8 Å². The fourth-order valence-corrected chi connectivity index (χ4v) is 2.96. The second-order valence-electron chi connectivity index (χ2n) is 4.64. The normalized spacial score (nSPS) is 11.8. The molecule has 0 N–H and O–H groups in total. The Balaban J connectivity index is 2.16. The van der Waals surface area contributed by atoms with Gasteiger partial charge in [-0.3, -0.25) is 0 Å². The average molecular weight is 298 g/mol. The molecule has 21 heavy (non-hydrogen) atoms. The van der Waals surface area contributed by atoms with Gasteiger partial charge in [-0.1, -0.05) is 23.4 Å². The molecule has 0 aliphatic rings. The van der Waals surface area contributed by atoms with Crippen molar-refractivity contribution in [3.63, 3.8) is 0 Å². The second-order valence-corrected chi connectivity index (χ2v) is 5.57. The number of para-hydroxylation sites is 1. The highest BCUT2D eigenvalue weighted by atomic mass is 32.1. The largest absolute Gasteiger partial charge is 0.331 e. The topological polar surface area (TPSA) is 43.6 Å². The van der Waals surface area contributed by atoms with E-state index in [0.717, 1.165) is 21.5 Å². The highest BCUT2D eigenvalue weighted by Crippen LogP contribution is 2.27. The van der Waals surface area contributed by atoms with E-state index in [1.54, 1.807) is 11.3 Å². The first-order valence-electron chi connectivity index (χ1n) is 6.53. The van der Waals surface area contributed by atoms with Gasteiger partial charge in [-0.25, -0.2) is 4.79 Å². The lowest BCUT2D eigenvalue weighted by Crippen LogP contribution is -1.98. The van der Waals surface area contributed by atoms with Crippen LogP contribution >= 0.6 is 11.3 Å². The molecule has 0 saturated heterocycles. The van der Waals surface area contributed by atoms with Gasteiger partial charge in [0.25, 0.3) is 0 Å². The third-order valence-electron chi connectivity index (χ3n) is 3.16. The van der Waals surface area contributed by atoms with E-state index >= 15 is 0 Å². The first-order valence-corrected chi connectivity index (χ1v) is 7.41. The lowest BCUT2D eigenvalue weighted by atomic mass is 10.1. The molecule has 0 spiro atoms. The van der Waals surface area contributed by atoms with Crippen molar-refractivity contribution in [1.29, 1.82) is 0 Å². The number of nitrogens with zero attached hydrogens (tertiary/aromatic N) is 2. The molecule has 0 amide bonds. The number of hydrogen-bond donors (Lipinski definition) is 0. The molecule has 3 aromatic rings. The van der Waals surface area contributed by atoms with Gasteiger partial charge < -0.3 is 9.40 Å². The number of carbonyl (C=O) groups excluding carboxylic acids is 1. The summed E-state index contributed by atoms with van der Waals surface area (Å²) in [6.45, 7) is 3.18. The summed E-state index contributed by atoms with van der Waals surface area (Å²) in [5.74, 6) is -0.420. The predicted octanol–water partition coefficient (Wildman–Crippen LogP) is 3.98. The van der Waals surface area contributed by atoms with Crippen LogP contribution in [0.1, 0.15) is 19.4 Å². The van der Waals surface area contributed by atoms with E-state index in [2.05, 4.69) is 21.9 Å². The van der Waals surface area contributed by atoms with E-state index < -0.39 is 5.97 Å². The molecule has 0 bridgehead atoms. The Morgan fingerprint density at radius 3 is 2.71 bits per heavy atom. The molecule has 4 nitrogen and oxygen atoms in total. The minimum Gasteiger partial charge on any atom is -0.318 e. The van der Waals surface area contributed by atoms with Crippen molar-refractivity contribution in [1.82, 2.24) is 4.57 Å². The lowest BCUT2D eigenvalue weighted by molar-refractivity contribution is -0.140. The molecule has 0 unspecified atom stereocenters. The van der Waals surface area contributed by atoms with Gasteiger partial charge in [0, 0.05) is 24.1 Å². The Bertz CT molecular complexity index is 816. The molecule has 0 radical (unpaired) electrons. The van der Waals surface area contributed by atoms with Crippen LogP contribution < -0.4 is 0 Å². The van der Waals surface area contributed by atoms with Crippen LogP contribution in [-0.4, -0.2) is 16.2 Å². The number of rotatable bonds is 3. The maximum atomic E-state index is 10.9. The summed E-state index contributed by atoms with van der Waals surface area (Å²) < 4.78 is 2.13. The highest BCUT2D eigenvalue weighted by molar-refractivity contribution is 7.12. The number of thiophene rings is 1. The van der Waals surface area contributed by atoms with E-state index in [4.69, 9.17) is 4.84 Å². The maximum absolute atomic E-state index is 10.9. The van der Waals surface area contributed by atoms with E-state index in [1.807, 2.05) is 42.8 Å². The first kappa shape index (κ1) is 13.6. The zero-order valence-corrected chi connectivity index (χ0v) is 12.6. The van der Waals surface area contributed by atoms with Crippen LogP contribution in [0.2, 0.25) is 0 Å². The van der Waals surface area contributed by atoms with Crippen LogP contribution in [0.3, 0.4) is 0 Å². The number of hydrogen-bond acceptors (Lipinski definition) is 4. The summed E-state index contributed by atoms with van der Waals surface area (Å²) in [5, 5.41) is 8.16. The van der Waals surface area contributed by atoms with E-state index in [9.17, 15) is 4.79 Å². The summed E-state index contributed by atoms with van der Waals surface area (Å²) in [7, 11) is 0. The zero-order chi connectivity index (χ0) is 14.8. The standard InChI is InChI=1S/C16H14N2O2S/c1-11(17-20-12(2)19)14-10-18(16-8-5-9-21-16)15-7-4-3-6-13(14)15/h3-10H,1-2H3/b17-11+. The second kappa shape index (κ2) is 5.54. The Kier molecular flexibility index (Phi) is 3.58. The van der Waals surface area contributed by atoms with Gasteiger partial charge in [0.1, 0.15) is 0 Å². The van der Waals surface area contributed by atoms with Crippen LogP contribution in [0.25, 0.3) is 15.9 Å². The Hall–Kier alpha value is -2.40. The summed E-state index contributed by atoms with van der Waals surface area (Å²) in [6, 6.07) is 12.2. The number of benzene rings is 1. The lowest BCUT2D eigenvalue weighted by Gasteiger charge is -2.00. The summed E-state index contributed by atoms with van der Waals surface area (Å²) in [6.07, 6.45) is 2.03. The van der Waals surface area contributed by atoms with Gasteiger partial charge in [0.2, 0.25) is 0 Å². The van der Waals surface area contributed by atoms with E-state index in [1.165, 1.54) is 6.92 Å². The van der Waals surface area contributed by atoms with Gasteiger partial charge in [0.15, 0.2) is 0 Å². The Morgan fingerprint density at radius 2 is 2.00 bits per heavy atom. The van der Waals surface area contributed by atoms with Crippen molar-refractivity contribution in [2.75, 3.05) is 0 Å². The number of oxime groups is 1. The minimum atomic E-state index is -0.420. The number of aromatic nitrogens is 1. The molecule has 1 aromatic carbocycles. The molecule has 3 rings (SSSR count). The van der Waals surface area contributed by atoms with Crippen molar-refractivity contribution < 1.29 is 9.63 Å². The predicted molar refractivity (Wildman–Crippen MR) is 85.1 cm³/mol. The monoisotopic (exact) mass is 298 g/mol. The first-order chi connectivity index (χ1) is 10.2. The molecule has 0 saturated carbocycles. The van der Waals surface area contributed by atoms with Crippen molar-refractivity contribution >= 4 is 33.9 Å². The highest BCUT2D eigenvalue weighted by Gasteiger charge is 2.12. The minimum absolute atomic E-state index is 0.420. The van der Waals surface area contributed by atoms with Crippen molar-refractivity contribution in [3.05, 3.63) is 53.5 Å². The Labute approximate surface area is 126 Å². The van der Waals surface area contributed by atoms with Gasteiger partial charge in [-0.2, -0.15) is 0 Å². The van der Waals surface area contributed by atoms with Crippen molar-refractivity contribution in [2.24, 2.45) is 5.16 Å². The van der Waals surface area contributed by atoms with Crippen LogP contribution in [0, 0.1) is 0 Å². The molecule has 0 fully saturated rings. The smallest absolute Gasteiger partial charge is 0.318 e. The SMILES string of the molecule is CC(=O)O/N=C(\C)c1cn(-c2cccs2)c2ccccc12. The van der Waals surface area contributed by atoms with Gasteiger partial charge in [0.05, 0.1) is 16.2 Å². The fraction of sp³-hybridized carbons (Fsp3) is 0.125. The quantitative estimate of drug-likeness (QED) is 0.417. The van der Waals surface area contributed by atoms with Crippen LogP contribution in [0.4, 0.5) is 0 Å². The number of fused-ring (bicyclic) bond motifs is 1. The van der Waals surface area contributed by atoms with Crippen molar-refractivity contribution in [3.8, 4) is 5.00 Å². The van der Waals surface area contributed by atoms with Crippen LogP contribution in [0.5, 0.6) is 0 Å². The number of carbonyl (C=O) groups is 1. The third-order valence-corrected chi connectivity index (χ3v) is 4.02. The summed E-state index contributed by atoms with van der Waals surface area (Å²) in [5.41, 5.74) is 2.74. The maximum Gasteiger partial charge on any atom is 0.331 e. The summed E-state index contributed by atoms with van der Waals surface area (Å²) in [4.78, 5) is 15.7. The summed E-state index contributed by atoms with van der Waals surface area (Å²) >= 11 is 1.67. The molecular weight excluding hydrogens is 284 g/mol. The molecule has 106 valence electrons. The van der Waals surface area contributed by atoms with Crippen LogP contribution in [0.15, 0.2) is 53.1 Å². The average Bonchev–Trinajstić information content (AvgIpc) is 3.11. The molecule has 0 aliphatic carbocycles. The third kappa shape index (κ3) is 2.60.